The standard InChI is InChI=1S/C16H25N3O/c1-2-12-7-9-18-14(11-12)16(20)19-10-4-6-15(19)13-5-3-8-17-13/h3,5,8,12,14-15,17-18H,2,4,6-7,9-11H2,1H3. The van der Waals surface area contributed by atoms with Crippen LogP contribution < -0.4 is 5.32 Å². The SMILES string of the molecule is CCC1CCNC(C(=O)N2CCCC2c2ccc[nH]2)C1. The zero-order valence-corrected chi connectivity index (χ0v) is 12.3. The van der Waals surface area contributed by atoms with Gasteiger partial charge in [0, 0.05) is 18.4 Å². The maximum absolute atomic E-state index is 12.8. The van der Waals surface area contributed by atoms with E-state index in [9.17, 15) is 4.79 Å². The summed E-state index contributed by atoms with van der Waals surface area (Å²) in [5.41, 5.74) is 1.18. The summed E-state index contributed by atoms with van der Waals surface area (Å²) in [5, 5.41) is 3.42. The van der Waals surface area contributed by atoms with Crippen LogP contribution in [0, 0.1) is 5.92 Å². The highest BCUT2D eigenvalue weighted by Gasteiger charge is 2.36. The predicted octanol–water partition coefficient (Wildman–Crippen LogP) is 2.46. The third kappa shape index (κ3) is 2.62. The normalized spacial score (nSPS) is 30.6. The number of hydrogen-bond acceptors (Lipinski definition) is 2. The van der Waals surface area contributed by atoms with E-state index in [0.717, 1.165) is 32.4 Å². The molecule has 2 aliphatic rings. The fourth-order valence-corrected chi connectivity index (χ4v) is 3.66. The van der Waals surface area contributed by atoms with E-state index in [-0.39, 0.29) is 12.1 Å². The number of carbonyl (C=O) groups is 1. The first-order valence-electron chi connectivity index (χ1n) is 7.96. The lowest BCUT2D eigenvalue weighted by Gasteiger charge is -2.33. The number of rotatable bonds is 3. The number of amides is 1. The Morgan fingerprint density at radius 3 is 3.10 bits per heavy atom. The van der Waals surface area contributed by atoms with Gasteiger partial charge in [0.25, 0.3) is 0 Å². The Morgan fingerprint density at radius 2 is 2.35 bits per heavy atom. The molecule has 3 rings (SSSR count). The molecule has 0 saturated carbocycles. The van der Waals surface area contributed by atoms with Crippen molar-refractivity contribution in [2.75, 3.05) is 13.1 Å². The zero-order valence-electron chi connectivity index (χ0n) is 12.3. The van der Waals surface area contributed by atoms with Gasteiger partial charge in [0.15, 0.2) is 0 Å². The van der Waals surface area contributed by atoms with Crippen molar-refractivity contribution in [1.29, 1.82) is 0 Å². The fraction of sp³-hybridized carbons (Fsp3) is 0.688. The quantitative estimate of drug-likeness (QED) is 0.890. The molecule has 1 aromatic rings. The van der Waals surface area contributed by atoms with E-state index in [0.29, 0.717) is 11.8 Å². The summed E-state index contributed by atoms with van der Waals surface area (Å²) in [6, 6.07) is 4.40. The lowest BCUT2D eigenvalue weighted by atomic mass is 9.89. The summed E-state index contributed by atoms with van der Waals surface area (Å²) in [7, 11) is 0. The lowest BCUT2D eigenvalue weighted by Crippen LogP contribution is -2.50. The van der Waals surface area contributed by atoms with Crippen molar-refractivity contribution in [3.63, 3.8) is 0 Å². The third-order valence-corrected chi connectivity index (χ3v) is 4.90. The molecule has 110 valence electrons. The topological polar surface area (TPSA) is 48.1 Å². The summed E-state index contributed by atoms with van der Waals surface area (Å²) >= 11 is 0. The van der Waals surface area contributed by atoms with Gasteiger partial charge in [-0.15, -0.1) is 0 Å². The lowest BCUT2D eigenvalue weighted by molar-refractivity contribution is -0.135. The second-order valence-electron chi connectivity index (χ2n) is 6.12. The van der Waals surface area contributed by atoms with Gasteiger partial charge in [0.2, 0.25) is 5.91 Å². The van der Waals surface area contributed by atoms with E-state index >= 15 is 0 Å². The van der Waals surface area contributed by atoms with Crippen LogP contribution in [0.3, 0.4) is 0 Å². The molecule has 0 aliphatic carbocycles. The zero-order chi connectivity index (χ0) is 13.9. The van der Waals surface area contributed by atoms with Gasteiger partial charge in [0.1, 0.15) is 0 Å². The van der Waals surface area contributed by atoms with Crippen molar-refractivity contribution in [2.45, 2.75) is 51.1 Å². The minimum Gasteiger partial charge on any atom is -0.363 e. The molecular weight excluding hydrogens is 250 g/mol. The van der Waals surface area contributed by atoms with Crippen molar-refractivity contribution in [1.82, 2.24) is 15.2 Å². The third-order valence-electron chi connectivity index (χ3n) is 4.90. The number of piperidine rings is 1. The molecular formula is C16H25N3O. The number of likely N-dealkylation sites (tertiary alicyclic amines) is 1. The van der Waals surface area contributed by atoms with Gasteiger partial charge in [-0.1, -0.05) is 13.3 Å². The van der Waals surface area contributed by atoms with E-state index in [2.05, 4.69) is 28.2 Å². The van der Waals surface area contributed by atoms with Gasteiger partial charge < -0.3 is 15.2 Å². The molecule has 4 heteroatoms. The number of carbonyl (C=O) groups excluding carboxylic acids is 1. The fourth-order valence-electron chi connectivity index (χ4n) is 3.66. The molecule has 2 aliphatic heterocycles. The van der Waals surface area contributed by atoms with Crippen LogP contribution in [0.2, 0.25) is 0 Å². The minimum absolute atomic E-state index is 0.0317. The van der Waals surface area contributed by atoms with E-state index in [1.165, 1.54) is 18.5 Å². The highest BCUT2D eigenvalue weighted by atomic mass is 16.2. The van der Waals surface area contributed by atoms with Crippen LogP contribution in [0.25, 0.3) is 0 Å². The van der Waals surface area contributed by atoms with Crippen LogP contribution in [0.5, 0.6) is 0 Å². The maximum atomic E-state index is 12.8. The maximum Gasteiger partial charge on any atom is 0.240 e. The first-order chi connectivity index (χ1) is 9.79. The smallest absolute Gasteiger partial charge is 0.240 e. The molecule has 2 fully saturated rings. The van der Waals surface area contributed by atoms with Crippen molar-refractivity contribution in [3.8, 4) is 0 Å². The van der Waals surface area contributed by atoms with E-state index in [1.54, 1.807) is 0 Å². The Morgan fingerprint density at radius 1 is 1.45 bits per heavy atom. The largest absolute Gasteiger partial charge is 0.363 e. The van der Waals surface area contributed by atoms with Crippen LogP contribution >= 0.6 is 0 Å². The molecule has 4 nitrogen and oxygen atoms in total. The van der Waals surface area contributed by atoms with Gasteiger partial charge in [-0.05, 0) is 50.3 Å². The van der Waals surface area contributed by atoms with Crippen LogP contribution in [-0.4, -0.2) is 34.9 Å². The van der Waals surface area contributed by atoms with Crippen molar-refractivity contribution in [3.05, 3.63) is 24.0 Å². The summed E-state index contributed by atoms with van der Waals surface area (Å²) in [6.07, 6.45) is 7.53. The summed E-state index contributed by atoms with van der Waals surface area (Å²) in [6.45, 7) is 4.11. The average Bonchev–Trinajstić information content (AvgIpc) is 3.16. The van der Waals surface area contributed by atoms with Crippen molar-refractivity contribution in [2.24, 2.45) is 5.92 Å². The Labute approximate surface area is 120 Å². The molecule has 0 radical (unpaired) electrons. The van der Waals surface area contributed by atoms with Crippen molar-refractivity contribution >= 4 is 5.91 Å². The number of aromatic nitrogens is 1. The summed E-state index contributed by atoms with van der Waals surface area (Å²) in [4.78, 5) is 18.2. The van der Waals surface area contributed by atoms with Crippen LogP contribution in [0.4, 0.5) is 0 Å². The van der Waals surface area contributed by atoms with Gasteiger partial charge in [-0.25, -0.2) is 0 Å². The second-order valence-corrected chi connectivity index (χ2v) is 6.12. The van der Waals surface area contributed by atoms with Crippen LogP contribution in [0.15, 0.2) is 18.3 Å². The highest BCUT2D eigenvalue weighted by Crippen LogP contribution is 2.32. The molecule has 1 aromatic heterocycles. The van der Waals surface area contributed by atoms with Gasteiger partial charge in [0.05, 0.1) is 12.1 Å². The predicted molar refractivity (Wildman–Crippen MR) is 79.3 cm³/mol. The Kier molecular flexibility index (Phi) is 4.10. The molecule has 3 atom stereocenters. The van der Waals surface area contributed by atoms with Crippen molar-refractivity contribution < 1.29 is 4.79 Å². The molecule has 3 unspecified atom stereocenters. The second kappa shape index (κ2) is 6.00. The summed E-state index contributed by atoms with van der Waals surface area (Å²) < 4.78 is 0. The molecule has 3 heterocycles. The number of nitrogens with one attached hydrogen (secondary N) is 2. The average molecular weight is 275 g/mol. The number of aromatic amines is 1. The molecule has 20 heavy (non-hydrogen) atoms. The van der Waals surface area contributed by atoms with Gasteiger partial charge in [-0.3, -0.25) is 4.79 Å². The highest BCUT2D eigenvalue weighted by molar-refractivity contribution is 5.82. The molecule has 0 spiro atoms. The van der Waals surface area contributed by atoms with Gasteiger partial charge in [-0.2, -0.15) is 0 Å². The Balaban J connectivity index is 1.69. The molecule has 0 aromatic carbocycles. The molecule has 2 N–H and O–H groups in total. The minimum atomic E-state index is 0.0317. The van der Waals surface area contributed by atoms with E-state index in [4.69, 9.17) is 0 Å². The Hall–Kier alpha value is -1.29. The van der Waals surface area contributed by atoms with E-state index < -0.39 is 0 Å². The number of nitrogens with zero attached hydrogens (tertiary/aromatic N) is 1. The van der Waals surface area contributed by atoms with Gasteiger partial charge >= 0.3 is 0 Å². The molecule has 0 bridgehead atoms. The van der Waals surface area contributed by atoms with Crippen LogP contribution in [-0.2, 0) is 4.79 Å². The first kappa shape index (κ1) is 13.7. The van der Waals surface area contributed by atoms with E-state index in [1.807, 2.05) is 12.3 Å². The first-order valence-corrected chi connectivity index (χ1v) is 7.96. The molecule has 2 saturated heterocycles. The number of H-pyrrole nitrogens is 1. The molecule has 1 amide bonds. The summed E-state index contributed by atoms with van der Waals surface area (Å²) in [5.74, 6) is 1.01. The monoisotopic (exact) mass is 275 g/mol. The van der Waals surface area contributed by atoms with Crippen LogP contribution in [0.1, 0.15) is 50.8 Å². The Bertz CT molecular complexity index is 443. The number of hydrogen-bond donors (Lipinski definition) is 2.